The van der Waals surface area contributed by atoms with Crippen molar-refractivity contribution in [3.8, 4) is 0 Å². The first-order valence-electron chi connectivity index (χ1n) is 7.23. The highest BCUT2D eigenvalue weighted by atomic mass is 16.5. The summed E-state index contributed by atoms with van der Waals surface area (Å²) in [5.74, 6) is 0.936. The lowest BCUT2D eigenvalue weighted by atomic mass is 9.82. The van der Waals surface area contributed by atoms with E-state index in [2.05, 4.69) is 24.2 Å². The van der Waals surface area contributed by atoms with Crippen molar-refractivity contribution in [2.75, 3.05) is 46.4 Å². The molecule has 3 nitrogen and oxygen atoms in total. The van der Waals surface area contributed by atoms with Crippen LogP contribution in [0.1, 0.15) is 32.6 Å². The van der Waals surface area contributed by atoms with Crippen molar-refractivity contribution in [3.05, 3.63) is 0 Å². The molecule has 0 radical (unpaired) electrons. The van der Waals surface area contributed by atoms with Crippen LogP contribution in [0.4, 0.5) is 0 Å². The molecule has 2 atom stereocenters. The average molecular weight is 240 g/mol. The molecule has 0 saturated carbocycles. The van der Waals surface area contributed by atoms with Gasteiger partial charge in [-0.3, -0.25) is 0 Å². The lowest BCUT2D eigenvalue weighted by Crippen LogP contribution is -2.48. The molecule has 2 aliphatic rings. The summed E-state index contributed by atoms with van der Waals surface area (Å²) in [5.41, 5.74) is 0.371. The molecule has 0 aromatic rings. The molecular formula is C14H28N2O. The maximum Gasteiger partial charge on any atom is 0.0546 e. The number of likely N-dealkylation sites (tertiary alicyclic amines) is 1. The molecule has 1 N–H and O–H groups in total. The number of nitrogens with zero attached hydrogens (tertiary/aromatic N) is 1. The van der Waals surface area contributed by atoms with Gasteiger partial charge in [-0.15, -0.1) is 0 Å². The molecule has 0 aromatic carbocycles. The highest BCUT2D eigenvalue weighted by Crippen LogP contribution is 2.31. The van der Waals surface area contributed by atoms with Crippen LogP contribution in [0.15, 0.2) is 0 Å². The van der Waals surface area contributed by atoms with Gasteiger partial charge in [-0.1, -0.05) is 13.3 Å². The molecule has 2 saturated heterocycles. The van der Waals surface area contributed by atoms with Crippen LogP contribution in [0.25, 0.3) is 0 Å². The standard InChI is InChI=1S/C14H28N2O/c1-3-13-5-7-16(9-13)11-14(10-15-2)6-4-8-17-12-14/h13,15H,3-12H2,1-2H3. The average Bonchev–Trinajstić information content (AvgIpc) is 2.78. The second kappa shape index (κ2) is 6.17. The van der Waals surface area contributed by atoms with Crippen LogP contribution in [-0.2, 0) is 4.74 Å². The van der Waals surface area contributed by atoms with Crippen molar-refractivity contribution in [3.63, 3.8) is 0 Å². The molecule has 2 rings (SSSR count). The van der Waals surface area contributed by atoms with Crippen LogP contribution in [0.2, 0.25) is 0 Å². The van der Waals surface area contributed by atoms with Crippen molar-refractivity contribution in [2.45, 2.75) is 32.6 Å². The van der Waals surface area contributed by atoms with Gasteiger partial charge in [0.1, 0.15) is 0 Å². The molecule has 3 heteroatoms. The Hall–Kier alpha value is -0.120. The number of hydrogen-bond acceptors (Lipinski definition) is 3. The minimum Gasteiger partial charge on any atom is -0.381 e. The third kappa shape index (κ3) is 3.43. The second-order valence-corrected chi connectivity index (χ2v) is 5.98. The Balaban J connectivity index is 1.88. The Morgan fingerprint density at radius 2 is 2.35 bits per heavy atom. The fraction of sp³-hybridized carbons (Fsp3) is 1.00. The Kier molecular flexibility index (Phi) is 4.83. The molecule has 2 unspecified atom stereocenters. The van der Waals surface area contributed by atoms with Gasteiger partial charge in [-0.05, 0) is 38.8 Å². The fourth-order valence-electron chi connectivity index (χ4n) is 3.47. The summed E-state index contributed by atoms with van der Waals surface area (Å²) in [7, 11) is 2.06. The maximum absolute atomic E-state index is 5.73. The molecule has 2 aliphatic heterocycles. The maximum atomic E-state index is 5.73. The summed E-state index contributed by atoms with van der Waals surface area (Å²) in [6.45, 7) is 9.15. The molecule has 0 aliphatic carbocycles. The highest BCUT2D eigenvalue weighted by Gasteiger charge is 2.36. The molecule has 17 heavy (non-hydrogen) atoms. The van der Waals surface area contributed by atoms with Crippen molar-refractivity contribution in [2.24, 2.45) is 11.3 Å². The number of hydrogen-bond donors (Lipinski definition) is 1. The first-order valence-corrected chi connectivity index (χ1v) is 7.23. The van der Waals surface area contributed by atoms with E-state index in [0.717, 1.165) is 25.7 Å². The van der Waals surface area contributed by atoms with Crippen LogP contribution in [0.5, 0.6) is 0 Å². The fourth-order valence-corrected chi connectivity index (χ4v) is 3.47. The minimum absolute atomic E-state index is 0.371. The monoisotopic (exact) mass is 240 g/mol. The van der Waals surface area contributed by atoms with Gasteiger partial charge in [0, 0.05) is 31.7 Å². The number of nitrogens with one attached hydrogen (secondary N) is 1. The van der Waals surface area contributed by atoms with Gasteiger partial charge >= 0.3 is 0 Å². The SMILES string of the molecule is CCC1CCN(CC2(CNC)CCCOC2)C1. The molecular weight excluding hydrogens is 212 g/mol. The summed E-state index contributed by atoms with van der Waals surface area (Å²) in [6.07, 6.45) is 5.28. The summed E-state index contributed by atoms with van der Waals surface area (Å²) in [5, 5.41) is 3.37. The zero-order valence-corrected chi connectivity index (χ0v) is 11.5. The Labute approximate surface area is 106 Å². The molecule has 2 heterocycles. The number of ether oxygens (including phenoxy) is 1. The van der Waals surface area contributed by atoms with E-state index in [1.807, 2.05) is 0 Å². The molecule has 100 valence electrons. The molecule has 0 amide bonds. The lowest BCUT2D eigenvalue weighted by Gasteiger charge is -2.40. The predicted octanol–water partition coefficient (Wildman–Crippen LogP) is 1.73. The van der Waals surface area contributed by atoms with Crippen molar-refractivity contribution >= 4 is 0 Å². The van der Waals surface area contributed by atoms with E-state index in [1.54, 1.807) is 0 Å². The normalized spacial score (nSPS) is 35.3. The van der Waals surface area contributed by atoms with Gasteiger partial charge < -0.3 is 15.0 Å². The molecule has 2 fully saturated rings. The molecule has 0 spiro atoms. The van der Waals surface area contributed by atoms with E-state index in [1.165, 1.54) is 45.3 Å². The van der Waals surface area contributed by atoms with E-state index >= 15 is 0 Å². The van der Waals surface area contributed by atoms with Crippen LogP contribution >= 0.6 is 0 Å². The zero-order chi connectivity index (χ0) is 12.1. The molecule has 0 aromatic heterocycles. The number of rotatable bonds is 5. The van der Waals surface area contributed by atoms with E-state index in [-0.39, 0.29) is 0 Å². The van der Waals surface area contributed by atoms with Crippen LogP contribution in [0.3, 0.4) is 0 Å². The van der Waals surface area contributed by atoms with Crippen molar-refractivity contribution < 1.29 is 4.74 Å². The largest absolute Gasteiger partial charge is 0.381 e. The van der Waals surface area contributed by atoms with Crippen LogP contribution in [0, 0.1) is 11.3 Å². The Morgan fingerprint density at radius 3 is 2.94 bits per heavy atom. The third-order valence-corrected chi connectivity index (χ3v) is 4.46. The van der Waals surface area contributed by atoms with Gasteiger partial charge in [-0.2, -0.15) is 0 Å². The smallest absolute Gasteiger partial charge is 0.0546 e. The third-order valence-electron chi connectivity index (χ3n) is 4.46. The van der Waals surface area contributed by atoms with Crippen LogP contribution < -0.4 is 5.32 Å². The zero-order valence-electron chi connectivity index (χ0n) is 11.5. The second-order valence-electron chi connectivity index (χ2n) is 5.98. The first kappa shape index (κ1) is 13.3. The summed E-state index contributed by atoms with van der Waals surface area (Å²) >= 11 is 0. The van der Waals surface area contributed by atoms with Crippen LogP contribution in [-0.4, -0.2) is 51.3 Å². The van der Waals surface area contributed by atoms with Gasteiger partial charge in [0.15, 0.2) is 0 Å². The summed E-state index contributed by atoms with van der Waals surface area (Å²) < 4.78 is 5.73. The summed E-state index contributed by atoms with van der Waals surface area (Å²) in [4.78, 5) is 2.67. The van der Waals surface area contributed by atoms with E-state index in [0.29, 0.717) is 5.41 Å². The van der Waals surface area contributed by atoms with Gasteiger partial charge in [0.25, 0.3) is 0 Å². The van der Waals surface area contributed by atoms with E-state index in [4.69, 9.17) is 4.74 Å². The minimum atomic E-state index is 0.371. The van der Waals surface area contributed by atoms with E-state index in [9.17, 15) is 0 Å². The quantitative estimate of drug-likeness (QED) is 0.792. The van der Waals surface area contributed by atoms with Gasteiger partial charge in [0.2, 0.25) is 0 Å². The lowest BCUT2D eigenvalue weighted by molar-refractivity contribution is -0.0226. The first-order chi connectivity index (χ1) is 8.28. The topological polar surface area (TPSA) is 24.5 Å². The van der Waals surface area contributed by atoms with Gasteiger partial charge in [0.05, 0.1) is 6.61 Å². The van der Waals surface area contributed by atoms with E-state index < -0.39 is 0 Å². The van der Waals surface area contributed by atoms with Crippen molar-refractivity contribution in [1.29, 1.82) is 0 Å². The van der Waals surface area contributed by atoms with Crippen molar-refractivity contribution in [1.82, 2.24) is 10.2 Å². The predicted molar refractivity (Wildman–Crippen MR) is 71.3 cm³/mol. The highest BCUT2D eigenvalue weighted by molar-refractivity contribution is 4.89. The van der Waals surface area contributed by atoms with Gasteiger partial charge in [-0.25, -0.2) is 0 Å². The Bertz CT molecular complexity index is 221. The molecule has 0 bridgehead atoms. The summed E-state index contributed by atoms with van der Waals surface area (Å²) in [6, 6.07) is 0. The Morgan fingerprint density at radius 1 is 1.47 bits per heavy atom.